The van der Waals surface area contributed by atoms with E-state index in [0.29, 0.717) is 6.54 Å². The first-order chi connectivity index (χ1) is 8.52. The number of carbonyl (C=O) groups excluding carboxylic acids is 1. The molecule has 2 unspecified atom stereocenters. The van der Waals surface area contributed by atoms with Gasteiger partial charge in [-0.25, -0.2) is 0 Å². The van der Waals surface area contributed by atoms with Crippen molar-refractivity contribution in [3.05, 3.63) is 34.9 Å². The van der Waals surface area contributed by atoms with Gasteiger partial charge in [0, 0.05) is 17.0 Å². The molecule has 0 saturated heterocycles. The van der Waals surface area contributed by atoms with Crippen LogP contribution in [0.25, 0.3) is 0 Å². The lowest BCUT2D eigenvalue weighted by atomic mass is 10.0. The van der Waals surface area contributed by atoms with Crippen LogP contribution in [0.5, 0.6) is 0 Å². The number of carbonyl (C=O) groups is 1. The van der Waals surface area contributed by atoms with Crippen LogP contribution < -0.4 is 11.1 Å². The molecule has 0 radical (unpaired) electrons. The van der Waals surface area contributed by atoms with Gasteiger partial charge in [-0.1, -0.05) is 30.7 Å². The average Bonchev–Trinajstić information content (AvgIpc) is 2.32. The van der Waals surface area contributed by atoms with E-state index >= 15 is 0 Å². The molecular weight excluding hydrogens is 248 g/mol. The van der Waals surface area contributed by atoms with Crippen LogP contribution in [-0.4, -0.2) is 18.5 Å². The molecule has 1 aromatic carbocycles. The van der Waals surface area contributed by atoms with E-state index in [-0.39, 0.29) is 17.9 Å². The van der Waals surface area contributed by atoms with Gasteiger partial charge in [-0.2, -0.15) is 0 Å². The van der Waals surface area contributed by atoms with E-state index in [9.17, 15) is 4.79 Å². The van der Waals surface area contributed by atoms with Gasteiger partial charge in [0.2, 0.25) is 5.91 Å². The molecular formula is C14H21ClN2O. The minimum atomic E-state index is -0.0253. The number of nitrogens with two attached hydrogens (primary N) is 1. The zero-order valence-corrected chi connectivity index (χ0v) is 11.7. The van der Waals surface area contributed by atoms with Gasteiger partial charge in [0.05, 0.1) is 0 Å². The second-order valence-electron chi connectivity index (χ2n) is 4.72. The third-order valence-corrected chi connectivity index (χ3v) is 3.14. The molecule has 100 valence electrons. The summed E-state index contributed by atoms with van der Waals surface area (Å²) >= 11 is 5.83. The maximum Gasteiger partial charge on any atom is 0.223 e. The van der Waals surface area contributed by atoms with Gasteiger partial charge in [0.15, 0.2) is 0 Å². The van der Waals surface area contributed by atoms with E-state index in [1.807, 2.05) is 38.1 Å². The first-order valence-electron chi connectivity index (χ1n) is 6.27. The molecule has 0 spiro atoms. The quantitative estimate of drug-likeness (QED) is 0.832. The summed E-state index contributed by atoms with van der Waals surface area (Å²) in [5.74, 6) is 0.0459. The molecule has 0 aliphatic rings. The Morgan fingerprint density at radius 1 is 1.33 bits per heavy atom. The Bertz CT molecular complexity index is 378. The van der Waals surface area contributed by atoms with E-state index < -0.39 is 0 Å². The highest BCUT2D eigenvalue weighted by Crippen LogP contribution is 2.11. The summed E-state index contributed by atoms with van der Waals surface area (Å²) in [6, 6.07) is 7.80. The predicted octanol–water partition coefficient (Wildman–Crippen LogP) is 2.37. The van der Waals surface area contributed by atoms with Crippen molar-refractivity contribution in [1.82, 2.24) is 5.32 Å². The fourth-order valence-corrected chi connectivity index (χ4v) is 1.92. The van der Waals surface area contributed by atoms with Crippen LogP contribution in [0, 0.1) is 5.92 Å². The molecule has 1 amide bonds. The number of halogens is 1. The first kappa shape index (κ1) is 15.0. The number of amides is 1. The molecule has 0 heterocycles. The maximum atomic E-state index is 11.8. The van der Waals surface area contributed by atoms with Crippen LogP contribution in [0.4, 0.5) is 0 Å². The van der Waals surface area contributed by atoms with Gasteiger partial charge >= 0.3 is 0 Å². The largest absolute Gasteiger partial charge is 0.353 e. The summed E-state index contributed by atoms with van der Waals surface area (Å²) in [4.78, 5) is 11.8. The second kappa shape index (κ2) is 7.39. The van der Waals surface area contributed by atoms with Crippen molar-refractivity contribution in [3.8, 4) is 0 Å². The Morgan fingerprint density at radius 3 is 2.50 bits per heavy atom. The summed E-state index contributed by atoms with van der Waals surface area (Å²) in [6.45, 7) is 4.44. The zero-order chi connectivity index (χ0) is 13.5. The van der Waals surface area contributed by atoms with Gasteiger partial charge < -0.3 is 11.1 Å². The van der Waals surface area contributed by atoms with E-state index in [1.54, 1.807) is 0 Å². The molecule has 4 heteroatoms. The summed E-state index contributed by atoms with van der Waals surface area (Å²) in [5, 5.41) is 3.73. The second-order valence-corrected chi connectivity index (χ2v) is 5.16. The lowest BCUT2D eigenvalue weighted by Crippen LogP contribution is -2.38. The number of benzene rings is 1. The maximum absolute atomic E-state index is 11.8. The highest BCUT2D eigenvalue weighted by molar-refractivity contribution is 6.30. The Balaban J connectivity index is 2.43. The zero-order valence-electron chi connectivity index (χ0n) is 10.9. The smallest absolute Gasteiger partial charge is 0.223 e. The molecule has 18 heavy (non-hydrogen) atoms. The number of rotatable bonds is 6. The Kier molecular flexibility index (Phi) is 6.16. The first-order valence-corrected chi connectivity index (χ1v) is 6.65. The molecule has 0 bridgehead atoms. The molecule has 3 nitrogen and oxygen atoms in total. The summed E-state index contributed by atoms with van der Waals surface area (Å²) in [5.41, 5.74) is 6.61. The van der Waals surface area contributed by atoms with Gasteiger partial charge in [-0.3, -0.25) is 4.79 Å². The van der Waals surface area contributed by atoms with Gasteiger partial charge in [0.25, 0.3) is 0 Å². The number of nitrogens with one attached hydrogen (secondary N) is 1. The van der Waals surface area contributed by atoms with E-state index in [1.165, 1.54) is 5.56 Å². The molecule has 0 aliphatic carbocycles. The topological polar surface area (TPSA) is 55.1 Å². The third kappa shape index (κ3) is 5.07. The minimum absolute atomic E-state index is 0.0253. The van der Waals surface area contributed by atoms with Crippen molar-refractivity contribution in [2.24, 2.45) is 11.7 Å². The van der Waals surface area contributed by atoms with Crippen molar-refractivity contribution in [2.45, 2.75) is 32.7 Å². The van der Waals surface area contributed by atoms with Crippen LogP contribution in [0.15, 0.2) is 24.3 Å². The Morgan fingerprint density at radius 2 is 1.94 bits per heavy atom. The number of hydrogen-bond donors (Lipinski definition) is 2. The fourth-order valence-electron chi connectivity index (χ4n) is 1.79. The van der Waals surface area contributed by atoms with Crippen molar-refractivity contribution >= 4 is 17.5 Å². The van der Waals surface area contributed by atoms with Crippen LogP contribution in [0.2, 0.25) is 5.02 Å². The standard InChI is InChI=1S/C14H21ClN2O/c1-10(7-8-16)14(18)17-11(2)9-12-3-5-13(15)6-4-12/h3-6,10-11H,7-9,16H2,1-2H3,(H,17,18). The van der Waals surface area contributed by atoms with Crippen LogP contribution in [0.3, 0.4) is 0 Å². The van der Waals surface area contributed by atoms with E-state index in [4.69, 9.17) is 17.3 Å². The van der Waals surface area contributed by atoms with Gasteiger partial charge in [0.1, 0.15) is 0 Å². The summed E-state index contributed by atoms with van der Waals surface area (Å²) in [6.07, 6.45) is 1.53. The van der Waals surface area contributed by atoms with E-state index in [0.717, 1.165) is 17.9 Å². The predicted molar refractivity (Wildman–Crippen MR) is 75.6 cm³/mol. The Hall–Kier alpha value is -1.06. The molecule has 0 saturated carbocycles. The van der Waals surface area contributed by atoms with E-state index in [2.05, 4.69) is 5.32 Å². The molecule has 0 aromatic heterocycles. The van der Waals surface area contributed by atoms with Crippen LogP contribution in [0.1, 0.15) is 25.8 Å². The SMILES string of the molecule is CC(Cc1ccc(Cl)cc1)NC(=O)C(C)CCN. The molecule has 3 N–H and O–H groups in total. The van der Waals surface area contributed by atoms with Crippen LogP contribution in [-0.2, 0) is 11.2 Å². The van der Waals surface area contributed by atoms with Crippen molar-refractivity contribution in [3.63, 3.8) is 0 Å². The molecule has 2 atom stereocenters. The third-order valence-electron chi connectivity index (χ3n) is 2.89. The minimum Gasteiger partial charge on any atom is -0.353 e. The van der Waals surface area contributed by atoms with Crippen LogP contribution >= 0.6 is 11.6 Å². The van der Waals surface area contributed by atoms with Gasteiger partial charge in [-0.15, -0.1) is 0 Å². The lowest BCUT2D eigenvalue weighted by molar-refractivity contribution is -0.125. The molecule has 0 fully saturated rings. The average molecular weight is 269 g/mol. The number of hydrogen-bond acceptors (Lipinski definition) is 2. The monoisotopic (exact) mass is 268 g/mol. The molecule has 1 rings (SSSR count). The van der Waals surface area contributed by atoms with Gasteiger partial charge in [-0.05, 0) is 44.0 Å². The fraction of sp³-hybridized carbons (Fsp3) is 0.500. The van der Waals surface area contributed by atoms with Crippen molar-refractivity contribution in [1.29, 1.82) is 0 Å². The highest BCUT2D eigenvalue weighted by Gasteiger charge is 2.14. The molecule has 1 aromatic rings. The highest BCUT2D eigenvalue weighted by atomic mass is 35.5. The van der Waals surface area contributed by atoms with Crippen molar-refractivity contribution in [2.75, 3.05) is 6.54 Å². The lowest BCUT2D eigenvalue weighted by Gasteiger charge is -2.17. The Labute approximate surface area is 114 Å². The normalized spacial score (nSPS) is 14.0. The van der Waals surface area contributed by atoms with Crippen molar-refractivity contribution < 1.29 is 4.79 Å². The summed E-state index contributed by atoms with van der Waals surface area (Å²) < 4.78 is 0. The molecule has 0 aliphatic heterocycles. The summed E-state index contributed by atoms with van der Waals surface area (Å²) in [7, 11) is 0.